The molecule has 0 unspecified atom stereocenters. The van der Waals surface area contributed by atoms with Gasteiger partial charge in [0.1, 0.15) is 11.5 Å². The molecule has 100 valence electrons. The molecule has 0 aliphatic heterocycles. The van der Waals surface area contributed by atoms with Gasteiger partial charge < -0.3 is 15.2 Å². The predicted octanol–water partition coefficient (Wildman–Crippen LogP) is 3.63. The number of rotatable bonds is 3. The highest BCUT2D eigenvalue weighted by Gasteiger charge is 2.28. The van der Waals surface area contributed by atoms with E-state index in [0.29, 0.717) is 11.1 Å². The van der Waals surface area contributed by atoms with Crippen molar-refractivity contribution in [3.05, 3.63) is 18.2 Å². The number of hydrogen-bond acceptors (Lipinski definition) is 3. The summed E-state index contributed by atoms with van der Waals surface area (Å²) in [6, 6.07) is 5.56. The fourth-order valence-corrected chi connectivity index (χ4v) is 2.41. The van der Waals surface area contributed by atoms with Crippen LogP contribution in [0.2, 0.25) is 0 Å². The molecule has 3 heteroatoms. The fourth-order valence-electron chi connectivity index (χ4n) is 2.41. The Morgan fingerprint density at radius 3 is 2.50 bits per heavy atom. The van der Waals surface area contributed by atoms with Gasteiger partial charge in [-0.05, 0) is 43.2 Å². The Hall–Kier alpha value is -1.38. The number of ether oxygens (including phenoxy) is 2. The highest BCUT2D eigenvalue weighted by Crippen LogP contribution is 2.37. The molecular weight excluding hydrogens is 226 g/mol. The molecule has 1 saturated carbocycles. The van der Waals surface area contributed by atoms with Gasteiger partial charge in [0.25, 0.3) is 0 Å². The number of nitrogens with two attached hydrogens (primary N) is 1. The molecule has 0 spiro atoms. The van der Waals surface area contributed by atoms with E-state index >= 15 is 0 Å². The van der Waals surface area contributed by atoms with Crippen LogP contribution in [0.15, 0.2) is 18.2 Å². The van der Waals surface area contributed by atoms with Gasteiger partial charge in [0.15, 0.2) is 0 Å². The van der Waals surface area contributed by atoms with Crippen LogP contribution in [0.1, 0.15) is 39.5 Å². The number of nitrogen functional groups attached to an aromatic ring is 1. The van der Waals surface area contributed by atoms with Crippen molar-refractivity contribution in [1.82, 2.24) is 0 Å². The topological polar surface area (TPSA) is 44.5 Å². The minimum absolute atomic E-state index is 0.285. The number of methoxy groups -OCH3 is 1. The largest absolute Gasteiger partial charge is 0.497 e. The number of hydrogen-bond donors (Lipinski definition) is 1. The van der Waals surface area contributed by atoms with Crippen LogP contribution in [-0.2, 0) is 0 Å². The lowest BCUT2D eigenvalue weighted by Gasteiger charge is -2.34. The fraction of sp³-hybridized carbons (Fsp3) is 0.600. The van der Waals surface area contributed by atoms with Gasteiger partial charge in [-0.25, -0.2) is 0 Å². The Kier molecular flexibility index (Phi) is 3.69. The van der Waals surface area contributed by atoms with Gasteiger partial charge in [-0.15, -0.1) is 0 Å². The van der Waals surface area contributed by atoms with Crippen molar-refractivity contribution in [2.45, 2.75) is 45.6 Å². The van der Waals surface area contributed by atoms with Crippen molar-refractivity contribution in [1.29, 1.82) is 0 Å². The molecule has 18 heavy (non-hydrogen) atoms. The molecular formula is C15H23NO2. The normalized spacial score (nSPS) is 19.5. The summed E-state index contributed by atoms with van der Waals surface area (Å²) in [5.74, 6) is 1.54. The predicted molar refractivity (Wildman–Crippen MR) is 74.1 cm³/mol. The minimum Gasteiger partial charge on any atom is -0.497 e. The first-order valence-electron chi connectivity index (χ1n) is 6.60. The molecule has 0 radical (unpaired) electrons. The van der Waals surface area contributed by atoms with E-state index in [1.807, 2.05) is 18.2 Å². The van der Waals surface area contributed by atoms with E-state index < -0.39 is 0 Å². The summed E-state index contributed by atoms with van der Waals surface area (Å²) in [7, 11) is 1.65. The molecule has 1 fully saturated rings. The molecule has 1 aliphatic rings. The molecule has 0 saturated heterocycles. The van der Waals surface area contributed by atoms with Gasteiger partial charge in [-0.1, -0.05) is 13.8 Å². The first-order chi connectivity index (χ1) is 8.50. The van der Waals surface area contributed by atoms with Crippen molar-refractivity contribution < 1.29 is 9.47 Å². The lowest BCUT2D eigenvalue weighted by molar-refractivity contribution is 0.0992. The molecule has 3 nitrogen and oxygen atoms in total. The first-order valence-corrected chi connectivity index (χ1v) is 6.60. The number of benzene rings is 1. The molecule has 0 atom stereocenters. The third kappa shape index (κ3) is 3.09. The van der Waals surface area contributed by atoms with E-state index in [9.17, 15) is 0 Å². The maximum Gasteiger partial charge on any atom is 0.146 e. The molecule has 0 amide bonds. The zero-order chi connectivity index (χ0) is 13.2. The lowest BCUT2D eigenvalue weighted by atomic mass is 9.76. The van der Waals surface area contributed by atoms with Gasteiger partial charge >= 0.3 is 0 Å². The highest BCUT2D eigenvalue weighted by molar-refractivity contribution is 5.55. The molecule has 1 aromatic rings. The molecule has 0 aromatic heterocycles. The lowest BCUT2D eigenvalue weighted by Crippen LogP contribution is -2.28. The van der Waals surface area contributed by atoms with Crippen molar-refractivity contribution in [2.24, 2.45) is 5.41 Å². The van der Waals surface area contributed by atoms with Crippen LogP contribution in [0.3, 0.4) is 0 Å². The van der Waals surface area contributed by atoms with Crippen LogP contribution < -0.4 is 15.2 Å². The molecule has 0 bridgehead atoms. The average Bonchev–Trinajstić information content (AvgIpc) is 2.34. The Bertz CT molecular complexity index is 405. The van der Waals surface area contributed by atoms with Gasteiger partial charge in [-0.3, -0.25) is 0 Å². The Morgan fingerprint density at radius 2 is 1.89 bits per heavy atom. The molecule has 2 rings (SSSR count). The SMILES string of the molecule is COc1ccc(N)c(OC2CCC(C)(C)CC2)c1. The molecule has 0 heterocycles. The smallest absolute Gasteiger partial charge is 0.146 e. The van der Waals surface area contributed by atoms with Crippen molar-refractivity contribution in [3.63, 3.8) is 0 Å². The van der Waals surface area contributed by atoms with E-state index in [1.54, 1.807) is 7.11 Å². The summed E-state index contributed by atoms with van der Waals surface area (Å²) >= 11 is 0. The van der Waals surface area contributed by atoms with Crippen LogP contribution in [-0.4, -0.2) is 13.2 Å². The molecule has 1 aliphatic carbocycles. The first kappa shape index (κ1) is 13.1. The summed E-state index contributed by atoms with van der Waals surface area (Å²) < 4.78 is 11.2. The van der Waals surface area contributed by atoms with Gasteiger partial charge in [0.05, 0.1) is 18.9 Å². The third-order valence-corrected chi connectivity index (χ3v) is 3.80. The van der Waals surface area contributed by atoms with Crippen LogP contribution in [0, 0.1) is 5.41 Å². The summed E-state index contributed by atoms with van der Waals surface area (Å²) in [6.45, 7) is 4.65. The van der Waals surface area contributed by atoms with Crippen molar-refractivity contribution in [2.75, 3.05) is 12.8 Å². The average molecular weight is 249 g/mol. The van der Waals surface area contributed by atoms with E-state index in [-0.39, 0.29) is 6.10 Å². The quantitative estimate of drug-likeness (QED) is 0.832. The number of anilines is 1. The van der Waals surface area contributed by atoms with E-state index in [0.717, 1.165) is 24.3 Å². The van der Waals surface area contributed by atoms with Crippen molar-refractivity contribution in [3.8, 4) is 11.5 Å². The Balaban J connectivity index is 2.01. The zero-order valence-electron chi connectivity index (χ0n) is 11.5. The highest BCUT2D eigenvalue weighted by atomic mass is 16.5. The molecule has 1 aromatic carbocycles. The second kappa shape index (κ2) is 5.09. The summed E-state index contributed by atoms with van der Waals surface area (Å²) in [5, 5.41) is 0. The standard InChI is InChI=1S/C15H23NO2/c1-15(2)8-6-11(7-9-15)18-14-10-12(17-3)4-5-13(14)16/h4-5,10-11H,6-9,16H2,1-3H3. The van der Waals surface area contributed by atoms with E-state index in [4.69, 9.17) is 15.2 Å². The van der Waals surface area contributed by atoms with Crippen LogP contribution in [0.25, 0.3) is 0 Å². The minimum atomic E-state index is 0.285. The second-order valence-electron chi connectivity index (χ2n) is 5.89. The van der Waals surface area contributed by atoms with Gasteiger partial charge in [0, 0.05) is 6.07 Å². The van der Waals surface area contributed by atoms with E-state index in [1.165, 1.54) is 12.8 Å². The summed E-state index contributed by atoms with van der Waals surface area (Å²) in [4.78, 5) is 0. The van der Waals surface area contributed by atoms with Gasteiger partial charge in [0.2, 0.25) is 0 Å². The Labute approximate surface area is 109 Å². The Morgan fingerprint density at radius 1 is 1.22 bits per heavy atom. The maximum atomic E-state index is 6.02. The van der Waals surface area contributed by atoms with E-state index in [2.05, 4.69) is 13.8 Å². The van der Waals surface area contributed by atoms with Crippen LogP contribution in [0.5, 0.6) is 11.5 Å². The van der Waals surface area contributed by atoms with Crippen LogP contribution >= 0.6 is 0 Å². The zero-order valence-corrected chi connectivity index (χ0v) is 11.5. The summed E-state index contributed by atoms with van der Waals surface area (Å²) in [6.07, 6.45) is 4.91. The molecule has 2 N–H and O–H groups in total. The van der Waals surface area contributed by atoms with Crippen molar-refractivity contribution >= 4 is 5.69 Å². The van der Waals surface area contributed by atoms with Crippen LogP contribution in [0.4, 0.5) is 5.69 Å². The second-order valence-corrected chi connectivity index (χ2v) is 5.89. The van der Waals surface area contributed by atoms with Gasteiger partial charge in [-0.2, -0.15) is 0 Å². The monoisotopic (exact) mass is 249 g/mol. The summed E-state index contributed by atoms with van der Waals surface area (Å²) in [5.41, 5.74) is 7.07. The maximum absolute atomic E-state index is 6.02. The third-order valence-electron chi connectivity index (χ3n) is 3.80.